The van der Waals surface area contributed by atoms with Crippen molar-refractivity contribution in [2.24, 2.45) is 5.92 Å². The molecule has 1 aliphatic carbocycles. The minimum absolute atomic E-state index is 0.000401. The second-order valence-corrected chi connectivity index (χ2v) is 9.44. The number of piperazine rings is 1. The van der Waals surface area contributed by atoms with Crippen molar-refractivity contribution in [1.82, 2.24) is 9.80 Å². The number of nitrogens with zero attached hydrogens (tertiary/aromatic N) is 2. The Labute approximate surface area is 211 Å². The predicted molar refractivity (Wildman–Crippen MR) is 134 cm³/mol. The van der Waals surface area contributed by atoms with Gasteiger partial charge >= 0.3 is 0 Å². The summed E-state index contributed by atoms with van der Waals surface area (Å²) in [6, 6.07) is 10.5. The maximum Gasteiger partial charge on any atom is 0.254 e. The number of amides is 2. The third-order valence-corrected chi connectivity index (χ3v) is 7.38. The number of carbonyl (C=O) groups excluding carboxylic acids is 2. The van der Waals surface area contributed by atoms with E-state index in [4.69, 9.17) is 18.9 Å². The Hall–Kier alpha value is -3.46. The van der Waals surface area contributed by atoms with E-state index in [0.717, 1.165) is 25.7 Å². The smallest absolute Gasteiger partial charge is 0.254 e. The molecule has 1 atom stereocenters. The molecule has 9 nitrogen and oxygen atoms in total. The van der Waals surface area contributed by atoms with Crippen molar-refractivity contribution in [3.63, 3.8) is 0 Å². The third-order valence-electron chi connectivity index (χ3n) is 7.38. The monoisotopic (exact) mass is 495 g/mol. The maximum absolute atomic E-state index is 13.5. The molecule has 0 radical (unpaired) electrons. The van der Waals surface area contributed by atoms with Crippen LogP contribution in [0.25, 0.3) is 0 Å². The van der Waals surface area contributed by atoms with Gasteiger partial charge in [-0.05, 0) is 49.1 Å². The molecule has 1 saturated carbocycles. The molecule has 2 fully saturated rings. The summed E-state index contributed by atoms with van der Waals surface area (Å²) in [4.78, 5) is 30.8. The largest absolute Gasteiger partial charge is 0.493 e. The van der Waals surface area contributed by atoms with Gasteiger partial charge in [0.2, 0.25) is 12.7 Å². The first-order valence-electron chi connectivity index (χ1n) is 12.5. The molecule has 36 heavy (non-hydrogen) atoms. The van der Waals surface area contributed by atoms with E-state index in [1.54, 1.807) is 32.4 Å². The summed E-state index contributed by atoms with van der Waals surface area (Å²) >= 11 is 0. The van der Waals surface area contributed by atoms with E-state index in [0.29, 0.717) is 66.3 Å². The number of ether oxygens (including phenoxy) is 4. The van der Waals surface area contributed by atoms with Crippen molar-refractivity contribution in [1.29, 1.82) is 0 Å². The van der Waals surface area contributed by atoms with Crippen LogP contribution in [0, 0.1) is 5.92 Å². The number of anilines is 1. The third kappa shape index (κ3) is 4.93. The SMILES string of the molecule is COc1ccc(C(=O)N2CCN([C@H](C(=O)Nc3ccc4c(c3)OCO4)C3CCCC3)CC2)cc1OC. The summed E-state index contributed by atoms with van der Waals surface area (Å²) < 4.78 is 21.5. The molecule has 0 bridgehead atoms. The van der Waals surface area contributed by atoms with E-state index in [9.17, 15) is 9.59 Å². The lowest BCUT2D eigenvalue weighted by Crippen LogP contribution is -2.56. The molecule has 192 valence electrons. The van der Waals surface area contributed by atoms with Gasteiger partial charge in [-0.1, -0.05) is 12.8 Å². The van der Waals surface area contributed by atoms with Crippen LogP contribution in [0.15, 0.2) is 36.4 Å². The van der Waals surface area contributed by atoms with Crippen molar-refractivity contribution in [3.8, 4) is 23.0 Å². The molecule has 0 aromatic heterocycles. The molecular weight excluding hydrogens is 462 g/mol. The molecule has 2 aliphatic heterocycles. The molecule has 2 aromatic carbocycles. The number of fused-ring (bicyclic) bond motifs is 1. The van der Waals surface area contributed by atoms with Gasteiger partial charge < -0.3 is 29.2 Å². The van der Waals surface area contributed by atoms with Crippen LogP contribution >= 0.6 is 0 Å². The minimum Gasteiger partial charge on any atom is -0.493 e. The Morgan fingerprint density at radius 1 is 0.917 bits per heavy atom. The molecule has 9 heteroatoms. The molecule has 1 saturated heterocycles. The summed E-state index contributed by atoms with van der Waals surface area (Å²) in [6.45, 7) is 2.62. The topological polar surface area (TPSA) is 89.6 Å². The van der Waals surface area contributed by atoms with Crippen LogP contribution in [-0.4, -0.2) is 74.8 Å². The summed E-state index contributed by atoms with van der Waals surface area (Å²) in [5.41, 5.74) is 1.27. The number of hydrogen-bond donors (Lipinski definition) is 1. The highest BCUT2D eigenvalue weighted by molar-refractivity contribution is 5.96. The quantitative estimate of drug-likeness (QED) is 0.630. The molecule has 5 rings (SSSR count). The van der Waals surface area contributed by atoms with Gasteiger partial charge in [-0.3, -0.25) is 14.5 Å². The lowest BCUT2D eigenvalue weighted by molar-refractivity contribution is -0.123. The highest BCUT2D eigenvalue weighted by atomic mass is 16.7. The summed E-state index contributed by atoms with van der Waals surface area (Å²) in [7, 11) is 3.13. The van der Waals surface area contributed by atoms with E-state index in [1.807, 2.05) is 23.1 Å². The molecule has 2 aromatic rings. The number of carbonyl (C=O) groups is 2. The van der Waals surface area contributed by atoms with Crippen LogP contribution in [0.1, 0.15) is 36.0 Å². The number of methoxy groups -OCH3 is 2. The van der Waals surface area contributed by atoms with Gasteiger partial charge in [0.15, 0.2) is 23.0 Å². The highest BCUT2D eigenvalue weighted by Gasteiger charge is 2.37. The Morgan fingerprint density at radius 3 is 2.36 bits per heavy atom. The first-order valence-corrected chi connectivity index (χ1v) is 12.5. The van der Waals surface area contributed by atoms with Crippen LogP contribution in [0.3, 0.4) is 0 Å². The normalized spacial score (nSPS) is 18.7. The fourth-order valence-corrected chi connectivity index (χ4v) is 5.50. The first-order chi connectivity index (χ1) is 17.6. The molecule has 3 aliphatic rings. The molecular formula is C27H33N3O6. The Morgan fingerprint density at radius 2 is 1.64 bits per heavy atom. The van der Waals surface area contributed by atoms with Gasteiger partial charge in [0.05, 0.1) is 20.3 Å². The lowest BCUT2D eigenvalue weighted by Gasteiger charge is -2.40. The zero-order valence-electron chi connectivity index (χ0n) is 20.8. The van der Waals surface area contributed by atoms with Gasteiger partial charge in [0, 0.05) is 43.5 Å². The molecule has 2 heterocycles. The van der Waals surface area contributed by atoms with E-state index in [1.165, 1.54) is 0 Å². The van der Waals surface area contributed by atoms with Crippen molar-refractivity contribution in [2.75, 3.05) is 52.5 Å². The van der Waals surface area contributed by atoms with Crippen LogP contribution in [0.5, 0.6) is 23.0 Å². The van der Waals surface area contributed by atoms with Gasteiger partial charge in [0.25, 0.3) is 5.91 Å². The lowest BCUT2D eigenvalue weighted by atomic mass is 9.94. The molecule has 0 spiro atoms. The van der Waals surface area contributed by atoms with E-state index < -0.39 is 0 Å². The maximum atomic E-state index is 13.5. The van der Waals surface area contributed by atoms with Gasteiger partial charge in [0.1, 0.15) is 0 Å². The average Bonchev–Trinajstić information content (AvgIpc) is 3.60. The predicted octanol–water partition coefficient (Wildman–Crippen LogP) is 3.39. The summed E-state index contributed by atoms with van der Waals surface area (Å²) in [5, 5.41) is 3.11. The highest BCUT2D eigenvalue weighted by Crippen LogP contribution is 2.36. The summed E-state index contributed by atoms with van der Waals surface area (Å²) in [5.74, 6) is 2.73. The zero-order chi connectivity index (χ0) is 25.1. The van der Waals surface area contributed by atoms with Gasteiger partial charge in [-0.15, -0.1) is 0 Å². The molecule has 1 N–H and O–H groups in total. The second kappa shape index (κ2) is 10.7. The standard InChI is InChI=1S/C27H33N3O6/c1-33-21-9-7-19(15-23(21)34-2)27(32)30-13-11-29(12-14-30)25(18-5-3-4-6-18)26(31)28-20-8-10-22-24(16-20)36-17-35-22/h7-10,15-16,18,25H,3-6,11-14,17H2,1-2H3,(H,28,31)/t25-/m0/s1. The van der Waals surface area contributed by atoms with Crippen molar-refractivity contribution < 1.29 is 28.5 Å². The fourth-order valence-electron chi connectivity index (χ4n) is 5.50. The van der Waals surface area contributed by atoms with Crippen LogP contribution in [0.2, 0.25) is 0 Å². The van der Waals surface area contributed by atoms with Crippen molar-refractivity contribution in [2.45, 2.75) is 31.7 Å². The van der Waals surface area contributed by atoms with E-state index in [2.05, 4.69) is 10.2 Å². The van der Waals surface area contributed by atoms with Crippen LogP contribution < -0.4 is 24.3 Å². The molecule has 2 amide bonds. The van der Waals surface area contributed by atoms with Crippen molar-refractivity contribution in [3.05, 3.63) is 42.0 Å². The number of benzene rings is 2. The van der Waals surface area contributed by atoms with Gasteiger partial charge in [-0.2, -0.15) is 0 Å². The fraction of sp³-hybridized carbons (Fsp3) is 0.481. The Bertz CT molecular complexity index is 1110. The zero-order valence-corrected chi connectivity index (χ0v) is 20.8. The van der Waals surface area contributed by atoms with Crippen molar-refractivity contribution >= 4 is 17.5 Å². The summed E-state index contributed by atoms with van der Waals surface area (Å²) in [6.07, 6.45) is 4.39. The van der Waals surface area contributed by atoms with E-state index >= 15 is 0 Å². The van der Waals surface area contributed by atoms with Gasteiger partial charge in [-0.25, -0.2) is 0 Å². The minimum atomic E-state index is -0.226. The number of hydrogen-bond acceptors (Lipinski definition) is 7. The Balaban J connectivity index is 1.25. The molecule has 0 unspecified atom stereocenters. The number of rotatable bonds is 7. The Kier molecular flexibility index (Phi) is 7.18. The van der Waals surface area contributed by atoms with E-state index in [-0.39, 0.29) is 24.6 Å². The van der Waals surface area contributed by atoms with Crippen LogP contribution in [-0.2, 0) is 4.79 Å². The van der Waals surface area contributed by atoms with Crippen LogP contribution in [0.4, 0.5) is 5.69 Å². The number of nitrogens with one attached hydrogen (secondary N) is 1. The average molecular weight is 496 g/mol. The first kappa shape index (κ1) is 24.2. The second-order valence-electron chi connectivity index (χ2n) is 9.44.